The van der Waals surface area contributed by atoms with Gasteiger partial charge in [0.2, 0.25) is 0 Å². The summed E-state index contributed by atoms with van der Waals surface area (Å²) in [4.78, 5) is 0. The molecule has 0 radical (unpaired) electrons. The van der Waals surface area contributed by atoms with E-state index >= 15 is 0 Å². The number of benzene rings is 2. The Bertz CT molecular complexity index is 612. The number of nitrogens with one attached hydrogen (secondary N) is 3. The normalized spacial score (nSPS) is 11.6. The van der Waals surface area contributed by atoms with Crippen molar-refractivity contribution in [2.75, 3.05) is 19.6 Å². The Morgan fingerprint density at radius 2 is 1.24 bits per heavy atom. The van der Waals surface area contributed by atoms with Gasteiger partial charge in [-0.05, 0) is 12.1 Å². The molecule has 6 nitrogen and oxygen atoms in total. The maximum Gasteiger partial charge on any atom is 0.120 e. The summed E-state index contributed by atoms with van der Waals surface area (Å²) in [6.07, 6.45) is 0. The highest BCUT2D eigenvalue weighted by Gasteiger charge is 2.23. The first-order valence-corrected chi connectivity index (χ1v) is 8.43. The Kier molecular flexibility index (Phi) is 7.21. The van der Waals surface area contributed by atoms with Crippen LogP contribution in [-0.4, -0.2) is 29.8 Å². The van der Waals surface area contributed by atoms with E-state index in [4.69, 9.17) is 5.84 Å². The third-order valence-electron chi connectivity index (χ3n) is 4.25. The second-order valence-corrected chi connectivity index (χ2v) is 6.66. The van der Waals surface area contributed by atoms with Gasteiger partial charge in [-0.15, -0.1) is 0 Å². The Morgan fingerprint density at radius 3 is 1.64 bits per heavy atom. The number of aromatic hydroxyl groups is 2. The fourth-order valence-electron chi connectivity index (χ4n) is 2.75. The molecule has 0 aliphatic heterocycles. The van der Waals surface area contributed by atoms with E-state index in [-0.39, 0.29) is 5.41 Å². The summed E-state index contributed by atoms with van der Waals surface area (Å²) in [5, 5.41) is 26.4. The predicted octanol–water partition coefficient (Wildman–Crippen LogP) is 1.45. The molecule has 0 saturated carbocycles. The summed E-state index contributed by atoms with van der Waals surface area (Å²) in [7, 11) is 0. The van der Waals surface area contributed by atoms with E-state index in [0.717, 1.165) is 24.2 Å². The molecule has 0 aromatic heterocycles. The average molecular weight is 344 g/mol. The van der Waals surface area contributed by atoms with Crippen LogP contribution in [0.25, 0.3) is 0 Å². The molecule has 0 amide bonds. The standard InChI is InChI=1S/C19H28N4O2/c1-19(14-23-20,12-21-10-15-6-2-4-8-17(15)24)13-22-11-16-7-3-5-9-18(16)25/h2-9,21-25H,10-14,20H2,1H3. The first-order valence-electron chi connectivity index (χ1n) is 8.43. The van der Waals surface area contributed by atoms with Gasteiger partial charge in [0.05, 0.1) is 0 Å². The van der Waals surface area contributed by atoms with Gasteiger partial charge in [-0.25, -0.2) is 0 Å². The van der Waals surface area contributed by atoms with Crippen molar-refractivity contribution in [1.82, 2.24) is 16.1 Å². The molecule has 0 unspecified atom stereocenters. The largest absolute Gasteiger partial charge is 0.508 e. The lowest BCUT2D eigenvalue weighted by molar-refractivity contribution is 0.273. The van der Waals surface area contributed by atoms with Crippen LogP contribution < -0.4 is 21.9 Å². The molecule has 136 valence electrons. The highest BCUT2D eigenvalue weighted by atomic mass is 16.3. The number of phenolic OH excluding ortho intramolecular Hbond substituents is 2. The lowest BCUT2D eigenvalue weighted by Crippen LogP contribution is -2.48. The molecule has 2 aromatic carbocycles. The number of nitrogens with two attached hydrogens (primary N) is 1. The van der Waals surface area contributed by atoms with Crippen LogP contribution in [-0.2, 0) is 13.1 Å². The number of hydrazine groups is 1. The van der Waals surface area contributed by atoms with Gasteiger partial charge in [0, 0.05) is 49.3 Å². The van der Waals surface area contributed by atoms with Gasteiger partial charge in [0.15, 0.2) is 0 Å². The number of rotatable bonds is 10. The van der Waals surface area contributed by atoms with Gasteiger partial charge < -0.3 is 20.8 Å². The van der Waals surface area contributed by atoms with Gasteiger partial charge in [0.1, 0.15) is 11.5 Å². The summed E-state index contributed by atoms with van der Waals surface area (Å²) in [6.45, 7) is 5.38. The monoisotopic (exact) mass is 344 g/mol. The minimum atomic E-state index is -0.121. The van der Waals surface area contributed by atoms with E-state index in [1.54, 1.807) is 12.1 Å². The first kappa shape index (κ1) is 19.2. The maximum absolute atomic E-state index is 9.83. The number of phenols is 2. The lowest BCUT2D eigenvalue weighted by atomic mass is 9.90. The Morgan fingerprint density at radius 1 is 0.800 bits per heavy atom. The molecule has 2 rings (SSSR count). The van der Waals surface area contributed by atoms with E-state index in [1.165, 1.54) is 0 Å². The van der Waals surface area contributed by atoms with Crippen molar-refractivity contribution < 1.29 is 10.2 Å². The molecule has 0 heterocycles. The molecule has 2 aromatic rings. The molecule has 0 aliphatic carbocycles. The molecule has 7 N–H and O–H groups in total. The van der Waals surface area contributed by atoms with E-state index in [0.29, 0.717) is 31.1 Å². The topological polar surface area (TPSA) is 103 Å². The van der Waals surface area contributed by atoms with Crippen LogP contribution in [0.15, 0.2) is 48.5 Å². The van der Waals surface area contributed by atoms with E-state index < -0.39 is 0 Å². The molecule has 0 spiro atoms. The van der Waals surface area contributed by atoms with Crippen molar-refractivity contribution in [3.8, 4) is 11.5 Å². The summed E-state index contributed by atoms with van der Waals surface area (Å²) < 4.78 is 0. The second-order valence-electron chi connectivity index (χ2n) is 6.66. The van der Waals surface area contributed by atoms with Gasteiger partial charge in [-0.3, -0.25) is 11.3 Å². The van der Waals surface area contributed by atoms with Crippen molar-refractivity contribution in [1.29, 1.82) is 0 Å². The Labute approximate surface area is 149 Å². The smallest absolute Gasteiger partial charge is 0.120 e. The van der Waals surface area contributed by atoms with Crippen molar-refractivity contribution in [2.45, 2.75) is 20.0 Å². The predicted molar refractivity (Wildman–Crippen MR) is 99.9 cm³/mol. The molecule has 6 heteroatoms. The summed E-state index contributed by atoms with van der Waals surface area (Å²) in [5.41, 5.74) is 4.36. The molecule has 25 heavy (non-hydrogen) atoms. The zero-order valence-corrected chi connectivity index (χ0v) is 14.6. The second kappa shape index (κ2) is 9.39. The quantitative estimate of drug-likeness (QED) is 0.288. The summed E-state index contributed by atoms with van der Waals surface area (Å²) in [6, 6.07) is 14.6. The minimum Gasteiger partial charge on any atom is -0.508 e. The Hall–Kier alpha value is -2.12. The van der Waals surface area contributed by atoms with Crippen molar-refractivity contribution in [3.63, 3.8) is 0 Å². The lowest BCUT2D eigenvalue weighted by Gasteiger charge is -2.30. The molecular formula is C19H28N4O2. The third kappa shape index (κ3) is 6.03. The van der Waals surface area contributed by atoms with E-state index in [1.807, 2.05) is 36.4 Å². The van der Waals surface area contributed by atoms with Gasteiger partial charge >= 0.3 is 0 Å². The molecule has 0 saturated heterocycles. The van der Waals surface area contributed by atoms with Crippen LogP contribution in [0.3, 0.4) is 0 Å². The first-order chi connectivity index (χ1) is 12.0. The third-order valence-corrected chi connectivity index (χ3v) is 4.25. The summed E-state index contributed by atoms with van der Waals surface area (Å²) >= 11 is 0. The van der Waals surface area contributed by atoms with Crippen LogP contribution in [0, 0.1) is 5.41 Å². The van der Waals surface area contributed by atoms with Crippen molar-refractivity contribution in [3.05, 3.63) is 59.7 Å². The van der Waals surface area contributed by atoms with Gasteiger partial charge in [-0.2, -0.15) is 0 Å². The maximum atomic E-state index is 9.83. The number of para-hydroxylation sites is 2. The van der Waals surface area contributed by atoms with E-state index in [2.05, 4.69) is 23.0 Å². The molecule has 0 aliphatic rings. The zero-order valence-electron chi connectivity index (χ0n) is 14.6. The van der Waals surface area contributed by atoms with Crippen LogP contribution in [0.2, 0.25) is 0 Å². The van der Waals surface area contributed by atoms with Crippen molar-refractivity contribution in [2.24, 2.45) is 11.3 Å². The fourth-order valence-corrected chi connectivity index (χ4v) is 2.75. The van der Waals surface area contributed by atoms with Gasteiger partial charge in [0.25, 0.3) is 0 Å². The Balaban J connectivity index is 1.84. The van der Waals surface area contributed by atoms with Crippen LogP contribution in [0.1, 0.15) is 18.1 Å². The van der Waals surface area contributed by atoms with E-state index in [9.17, 15) is 10.2 Å². The molecular weight excluding hydrogens is 316 g/mol. The van der Waals surface area contributed by atoms with Crippen LogP contribution in [0.5, 0.6) is 11.5 Å². The molecule has 0 atom stereocenters. The zero-order chi connectivity index (χ0) is 18.1. The number of hydrogen-bond donors (Lipinski definition) is 6. The SMILES string of the molecule is CC(CNN)(CNCc1ccccc1O)CNCc1ccccc1O. The summed E-state index contributed by atoms with van der Waals surface area (Å²) in [5.74, 6) is 6.14. The average Bonchev–Trinajstić information content (AvgIpc) is 2.59. The highest BCUT2D eigenvalue weighted by molar-refractivity contribution is 5.32. The number of hydrogen-bond acceptors (Lipinski definition) is 6. The minimum absolute atomic E-state index is 0.121. The highest BCUT2D eigenvalue weighted by Crippen LogP contribution is 2.18. The fraction of sp³-hybridized carbons (Fsp3) is 0.368. The van der Waals surface area contributed by atoms with Crippen LogP contribution >= 0.6 is 0 Å². The van der Waals surface area contributed by atoms with Gasteiger partial charge in [-0.1, -0.05) is 43.3 Å². The molecule has 0 bridgehead atoms. The molecule has 0 fully saturated rings. The van der Waals surface area contributed by atoms with Crippen molar-refractivity contribution >= 4 is 0 Å². The van der Waals surface area contributed by atoms with Crippen LogP contribution in [0.4, 0.5) is 0 Å².